The van der Waals surface area contributed by atoms with Crippen LogP contribution in [-0.4, -0.2) is 43.0 Å². The van der Waals surface area contributed by atoms with E-state index in [-0.39, 0.29) is 11.9 Å². The van der Waals surface area contributed by atoms with Crippen molar-refractivity contribution in [3.63, 3.8) is 0 Å². The average molecular weight is 213 g/mol. The van der Waals surface area contributed by atoms with Gasteiger partial charge in [0.05, 0.1) is 6.54 Å². The predicted molar refractivity (Wildman–Crippen MR) is 61.5 cm³/mol. The molecule has 0 radical (unpaired) electrons. The van der Waals surface area contributed by atoms with E-state index in [4.69, 9.17) is 5.73 Å². The van der Waals surface area contributed by atoms with Crippen LogP contribution in [0, 0.1) is 5.92 Å². The van der Waals surface area contributed by atoms with Crippen molar-refractivity contribution in [2.75, 3.05) is 26.2 Å². The molecular formula is C11H23N3O. The summed E-state index contributed by atoms with van der Waals surface area (Å²) in [5.41, 5.74) is 5.89. The number of carbonyl (C=O) groups excluding carboxylic acids is 1. The van der Waals surface area contributed by atoms with Crippen molar-refractivity contribution in [2.24, 2.45) is 11.7 Å². The number of rotatable bonds is 7. The zero-order valence-electron chi connectivity index (χ0n) is 9.83. The van der Waals surface area contributed by atoms with Crippen molar-refractivity contribution in [3.05, 3.63) is 0 Å². The van der Waals surface area contributed by atoms with Gasteiger partial charge in [-0.05, 0) is 31.8 Å². The maximum Gasteiger partial charge on any atom is 0.234 e. The van der Waals surface area contributed by atoms with E-state index in [0.717, 1.165) is 13.1 Å². The van der Waals surface area contributed by atoms with E-state index in [1.165, 1.54) is 12.8 Å². The number of hydrogen-bond acceptors (Lipinski definition) is 3. The van der Waals surface area contributed by atoms with E-state index >= 15 is 0 Å². The van der Waals surface area contributed by atoms with Crippen molar-refractivity contribution in [1.29, 1.82) is 0 Å². The molecule has 88 valence electrons. The average Bonchev–Trinajstić information content (AvgIpc) is 3.06. The number of nitrogens with zero attached hydrogens (tertiary/aromatic N) is 1. The molecule has 1 amide bonds. The minimum absolute atomic E-state index is 0.0924. The molecule has 0 aliphatic heterocycles. The molecule has 0 aromatic rings. The molecule has 1 saturated carbocycles. The van der Waals surface area contributed by atoms with Gasteiger partial charge in [-0.15, -0.1) is 0 Å². The fourth-order valence-corrected chi connectivity index (χ4v) is 1.63. The summed E-state index contributed by atoms with van der Waals surface area (Å²) in [6.45, 7) is 7.08. The fraction of sp³-hybridized carbons (Fsp3) is 0.909. The first-order chi connectivity index (χ1) is 7.17. The molecule has 4 heteroatoms. The molecule has 1 rings (SSSR count). The molecule has 1 unspecified atom stereocenters. The zero-order valence-corrected chi connectivity index (χ0v) is 9.83. The molecule has 1 aliphatic carbocycles. The molecule has 1 aliphatic rings. The van der Waals surface area contributed by atoms with Crippen LogP contribution < -0.4 is 11.1 Å². The molecule has 0 spiro atoms. The Labute approximate surface area is 92.2 Å². The van der Waals surface area contributed by atoms with E-state index < -0.39 is 0 Å². The SMILES string of the molecule is CCN(CC)CC(=O)NCC(N)C1CC1. The Morgan fingerprint density at radius 2 is 2.07 bits per heavy atom. The topological polar surface area (TPSA) is 58.4 Å². The van der Waals surface area contributed by atoms with Gasteiger partial charge in [-0.1, -0.05) is 13.8 Å². The fourth-order valence-electron chi connectivity index (χ4n) is 1.63. The van der Waals surface area contributed by atoms with E-state index in [1.54, 1.807) is 0 Å². The summed E-state index contributed by atoms with van der Waals surface area (Å²) in [6, 6.07) is 0.158. The monoisotopic (exact) mass is 213 g/mol. The third kappa shape index (κ3) is 4.62. The highest BCUT2D eigenvalue weighted by Gasteiger charge is 2.28. The molecule has 15 heavy (non-hydrogen) atoms. The van der Waals surface area contributed by atoms with Crippen molar-refractivity contribution >= 4 is 5.91 Å². The molecule has 0 heterocycles. The quantitative estimate of drug-likeness (QED) is 0.634. The van der Waals surface area contributed by atoms with Gasteiger partial charge in [-0.3, -0.25) is 9.69 Å². The minimum Gasteiger partial charge on any atom is -0.353 e. The van der Waals surface area contributed by atoms with Gasteiger partial charge in [0.2, 0.25) is 5.91 Å². The van der Waals surface area contributed by atoms with Crippen LogP contribution in [0.15, 0.2) is 0 Å². The Hall–Kier alpha value is -0.610. The second-order valence-electron chi connectivity index (χ2n) is 4.27. The summed E-state index contributed by atoms with van der Waals surface area (Å²) in [5, 5.41) is 2.90. The lowest BCUT2D eigenvalue weighted by molar-refractivity contribution is -0.122. The highest BCUT2D eigenvalue weighted by molar-refractivity contribution is 5.78. The van der Waals surface area contributed by atoms with Gasteiger partial charge in [0.15, 0.2) is 0 Å². The van der Waals surface area contributed by atoms with Crippen LogP contribution in [0.4, 0.5) is 0 Å². The van der Waals surface area contributed by atoms with E-state index in [2.05, 4.69) is 24.1 Å². The van der Waals surface area contributed by atoms with Gasteiger partial charge < -0.3 is 11.1 Å². The van der Waals surface area contributed by atoms with Gasteiger partial charge in [-0.2, -0.15) is 0 Å². The lowest BCUT2D eigenvalue weighted by Gasteiger charge is -2.18. The second-order valence-corrected chi connectivity index (χ2v) is 4.27. The maximum atomic E-state index is 11.5. The van der Waals surface area contributed by atoms with Crippen molar-refractivity contribution in [1.82, 2.24) is 10.2 Å². The first-order valence-corrected chi connectivity index (χ1v) is 5.92. The summed E-state index contributed by atoms with van der Waals surface area (Å²) in [5.74, 6) is 0.744. The summed E-state index contributed by atoms with van der Waals surface area (Å²) >= 11 is 0. The molecule has 0 saturated heterocycles. The Morgan fingerprint density at radius 1 is 1.47 bits per heavy atom. The van der Waals surface area contributed by atoms with Crippen LogP contribution in [0.2, 0.25) is 0 Å². The number of hydrogen-bond donors (Lipinski definition) is 2. The van der Waals surface area contributed by atoms with Gasteiger partial charge in [-0.25, -0.2) is 0 Å². The molecule has 3 N–H and O–H groups in total. The summed E-state index contributed by atoms with van der Waals surface area (Å²) in [6.07, 6.45) is 2.46. The molecule has 1 fully saturated rings. The first kappa shape index (κ1) is 12.5. The number of nitrogens with two attached hydrogens (primary N) is 1. The molecule has 1 atom stereocenters. The summed E-state index contributed by atoms with van der Waals surface area (Å²) < 4.78 is 0. The van der Waals surface area contributed by atoms with Crippen LogP contribution in [-0.2, 0) is 4.79 Å². The Balaban J connectivity index is 2.11. The third-order valence-corrected chi connectivity index (χ3v) is 3.02. The van der Waals surface area contributed by atoms with E-state index in [9.17, 15) is 4.79 Å². The zero-order chi connectivity index (χ0) is 11.3. The minimum atomic E-state index is 0.0924. The molecular weight excluding hydrogens is 190 g/mol. The van der Waals surface area contributed by atoms with Crippen molar-refractivity contribution in [3.8, 4) is 0 Å². The van der Waals surface area contributed by atoms with Crippen LogP contribution in [0.3, 0.4) is 0 Å². The number of amides is 1. The number of nitrogens with one attached hydrogen (secondary N) is 1. The smallest absolute Gasteiger partial charge is 0.234 e. The van der Waals surface area contributed by atoms with Crippen LogP contribution in [0.1, 0.15) is 26.7 Å². The first-order valence-electron chi connectivity index (χ1n) is 5.92. The highest BCUT2D eigenvalue weighted by atomic mass is 16.2. The number of likely N-dealkylation sites (N-methyl/N-ethyl adjacent to an activating group) is 1. The molecule has 4 nitrogen and oxygen atoms in total. The van der Waals surface area contributed by atoms with Crippen LogP contribution in [0.25, 0.3) is 0 Å². The third-order valence-electron chi connectivity index (χ3n) is 3.02. The van der Waals surface area contributed by atoms with Crippen molar-refractivity contribution < 1.29 is 4.79 Å². The Morgan fingerprint density at radius 3 is 2.53 bits per heavy atom. The van der Waals surface area contributed by atoms with Gasteiger partial charge in [0.1, 0.15) is 0 Å². The molecule has 0 bridgehead atoms. The molecule has 0 aromatic heterocycles. The predicted octanol–water partition coefficient (Wildman–Crippen LogP) is 0.182. The lowest BCUT2D eigenvalue weighted by atomic mass is 10.2. The lowest BCUT2D eigenvalue weighted by Crippen LogP contribution is -2.43. The summed E-state index contributed by atoms with van der Waals surface area (Å²) in [7, 11) is 0. The Bertz CT molecular complexity index is 200. The van der Waals surface area contributed by atoms with Gasteiger partial charge in [0.25, 0.3) is 0 Å². The molecule has 0 aromatic carbocycles. The van der Waals surface area contributed by atoms with Crippen LogP contribution in [0.5, 0.6) is 0 Å². The maximum absolute atomic E-state index is 11.5. The van der Waals surface area contributed by atoms with Crippen molar-refractivity contribution in [2.45, 2.75) is 32.7 Å². The Kier molecular flexibility index (Phi) is 5.05. The second kappa shape index (κ2) is 6.08. The highest BCUT2D eigenvalue weighted by Crippen LogP contribution is 2.31. The number of carbonyl (C=O) groups is 1. The van der Waals surface area contributed by atoms with E-state index in [0.29, 0.717) is 19.0 Å². The van der Waals surface area contributed by atoms with Crippen LogP contribution >= 0.6 is 0 Å². The summed E-state index contributed by atoms with van der Waals surface area (Å²) in [4.78, 5) is 13.6. The largest absolute Gasteiger partial charge is 0.353 e. The van der Waals surface area contributed by atoms with E-state index in [1.807, 2.05) is 0 Å². The van der Waals surface area contributed by atoms with Gasteiger partial charge >= 0.3 is 0 Å². The normalized spacial score (nSPS) is 17.9. The van der Waals surface area contributed by atoms with Gasteiger partial charge in [0, 0.05) is 12.6 Å². The standard InChI is InChI=1S/C11H23N3O/c1-3-14(4-2)8-11(15)13-7-10(12)9-5-6-9/h9-10H,3-8,12H2,1-2H3,(H,13,15).